The van der Waals surface area contributed by atoms with Crippen molar-refractivity contribution in [2.75, 3.05) is 13.2 Å². The number of rotatable bonds is 4. The molecular weight excluding hydrogens is 242 g/mol. The Bertz CT molecular complexity index is 661. The molecule has 3 rings (SSSR count). The lowest BCUT2D eigenvalue weighted by Gasteiger charge is -2.04. The maximum atomic E-state index is 5.66. The van der Waals surface area contributed by atoms with E-state index in [4.69, 9.17) is 14.9 Å². The zero-order valence-electron chi connectivity index (χ0n) is 10.2. The monoisotopic (exact) mass is 255 g/mol. The second kappa shape index (κ2) is 5.07. The van der Waals surface area contributed by atoms with E-state index in [9.17, 15) is 0 Å². The standard InChI is InChI=1S/C14H13N3O2/c15-6-8-18-11-4-1-3-10(9-11)14-17-13-12(19-14)5-2-7-16-13/h1-5,7,9H,6,8,15H2. The van der Waals surface area contributed by atoms with E-state index in [-0.39, 0.29) is 0 Å². The zero-order valence-corrected chi connectivity index (χ0v) is 10.2. The largest absolute Gasteiger partial charge is 0.492 e. The van der Waals surface area contributed by atoms with Gasteiger partial charge in [0.15, 0.2) is 11.2 Å². The molecule has 3 aromatic rings. The summed E-state index contributed by atoms with van der Waals surface area (Å²) in [7, 11) is 0. The molecule has 0 saturated carbocycles. The first kappa shape index (κ1) is 11.7. The van der Waals surface area contributed by atoms with Crippen LogP contribution in [0.5, 0.6) is 5.75 Å². The maximum Gasteiger partial charge on any atom is 0.229 e. The summed E-state index contributed by atoms with van der Waals surface area (Å²) in [6.45, 7) is 0.968. The molecule has 96 valence electrons. The fourth-order valence-corrected chi connectivity index (χ4v) is 1.79. The van der Waals surface area contributed by atoms with E-state index in [1.165, 1.54) is 0 Å². The SMILES string of the molecule is NCCOc1cccc(-c2nc3ncccc3o2)c1. The molecular formula is C14H13N3O2. The quantitative estimate of drug-likeness (QED) is 0.773. The van der Waals surface area contributed by atoms with E-state index in [1.54, 1.807) is 6.20 Å². The Balaban J connectivity index is 1.96. The van der Waals surface area contributed by atoms with Crippen molar-refractivity contribution in [2.24, 2.45) is 5.73 Å². The lowest BCUT2D eigenvalue weighted by atomic mass is 10.2. The Morgan fingerprint density at radius 3 is 3.00 bits per heavy atom. The molecule has 0 aliphatic carbocycles. The topological polar surface area (TPSA) is 74.2 Å². The molecule has 2 heterocycles. The van der Waals surface area contributed by atoms with Gasteiger partial charge in [-0.2, -0.15) is 4.98 Å². The highest BCUT2D eigenvalue weighted by Gasteiger charge is 2.09. The Kier molecular flexibility index (Phi) is 3.12. The van der Waals surface area contributed by atoms with Gasteiger partial charge in [-0.3, -0.25) is 0 Å². The average Bonchev–Trinajstić information content (AvgIpc) is 2.89. The van der Waals surface area contributed by atoms with E-state index < -0.39 is 0 Å². The lowest BCUT2D eigenvalue weighted by molar-refractivity contribution is 0.328. The van der Waals surface area contributed by atoms with Gasteiger partial charge in [0.05, 0.1) is 0 Å². The minimum absolute atomic E-state index is 0.483. The van der Waals surface area contributed by atoms with Crippen LogP contribution in [0.25, 0.3) is 22.7 Å². The molecule has 0 fully saturated rings. The van der Waals surface area contributed by atoms with Crippen molar-refractivity contribution in [1.29, 1.82) is 0 Å². The molecule has 19 heavy (non-hydrogen) atoms. The minimum atomic E-state index is 0.483. The number of hydrogen-bond donors (Lipinski definition) is 1. The number of fused-ring (bicyclic) bond motifs is 1. The van der Waals surface area contributed by atoms with Gasteiger partial charge in [-0.1, -0.05) is 6.07 Å². The molecule has 0 aliphatic heterocycles. The van der Waals surface area contributed by atoms with Crippen molar-refractivity contribution in [2.45, 2.75) is 0 Å². The number of ether oxygens (including phenoxy) is 1. The van der Waals surface area contributed by atoms with Gasteiger partial charge < -0.3 is 14.9 Å². The van der Waals surface area contributed by atoms with Crippen molar-refractivity contribution < 1.29 is 9.15 Å². The third-order valence-electron chi connectivity index (χ3n) is 2.63. The summed E-state index contributed by atoms with van der Waals surface area (Å²) in [4.78, 5) is 8.49. The number of nitrogens with zero attached hydrogens (tertiary/aromatic N) is 2. The second-order valence-electron chi connectivity index (χ2n) is 4.01. The summed E-state index contributed by atoms with van der Waals surface area (Å²) in [5, 5.41) is 0. The molecule has 2 aromatic heterocycles. The van der Waals surface area contributed by atoms with Crippen LogP contribution in [0.15, 0.2) is 47.0 Å². The first-order chi connectivity index (χ1) is 9.36. The zero-order chi connectivity index (χ0) is 13.1. The molecule has 0 spiro atoms. The number of aromatic nitrogens is 2. The fraction of sp³-hybridized carbons (Fsp3) is 0.143. The molecule has 5 heteroatoms. The van der Waals surface area contributed by atoms with Crippen molar-refractivity contribution in [3.8, 4) is 17.2 Å². The first-order valence-corrected chi connectivity index (χ1v) is 6.02. The Labute approximate surface area is 110 Å². The van der Waals surface area contributed by atoms with E-state index in [1.807, 2.05) is 36.4 Å². The van der Waals surface area contributed by atoms with Crippen molar-refractivity contribution in [1.82, 2.24) is 9.97 Å². The molecule has 0 atom stereocenters. The minimum Gasteiger partial charge on any atom is -0.492 e. The molecule has 0 amide bonds. The molecule has 5 nitrogen and oxygen atoms in total. The van der Waals surface area contributed by atoms with Crippen LogP contribution in [0.2, 0.25) is 0 Å². The molecule has 1 aromatic carbocycles. The van der Waals surface area contributed by atoms with Gasteiger partial charge in [-0.15, -0.1) is 0 Å². The third kappa shape index (κ3) is 2.41. The van der Waals surface area contributed by atoms with E-state index in [0.29, 0.717) is 30.3 Å². The Morgan fingerprint density at radius 2 is 2.16 bits per heavy atom. The van der Waals surface area contributed by atoms with Crippen LogP contribution in [0, 0.1) is 0 Å². The molecule has 0 saturated heterocycles. The average molecular weight is 255 g/mol. The second-order valence-corrected chi connectivity index (χ2v) is 4.01. The highest BCUT2D eigenvalue weighted by atomic mass is 16.5. The van der Waals surface area contributed by atoms with Crippen LogP contribution in [-0.4, -0.2) is 23.1 Å². The van der Waals surface area contributed by atoms with Crippen LogP contribution in [0.4, 0.5) is 0 Å². The normalized spacial score (nSPS) is 10.8. The molecule has 0 aliphatic rings. The van der Waals surface area contributed by atoms with Gasteiger partial charge >= 0.3 is 0 Å². The summed E-state index contributed by atoms with van der Waals surface area (Å²) < 4.78 is 11.1. The van der Waals surface area contributed by atoms with Gasteiger partial charge in [-0.05, 0) is 30.3 Å². The lowest BCUT2D eigenvalue weighted by Crippen LogP contribution is -2.10. The van der Waals surface area contributed by atoms with Gasteiger partial charge in [0.1, 0.15) is 12.4 Å². The molecule has 0 radical (unpaired) electrons. The van der Waals surface area contributed by atoms with Crippen molar-refractivity contribution >= 4 is 11.2 Å². The highest BCUT2D eigenvalue weighted by molar-refractivity contribution is 5.72. The van der Waals surface area contributed by atoms with E-state index in [2.05, 4.69) is 9.97 Å². The Hall–Kier alpha value is -2.40. The predicted octanol–water partition coefficient (Wildman–Crippen LogP) is 2.23. The summed E-state index contributed by atoms with van der Waals surface area (Å²) in [5.41, 5.74) is 7.54. The molecule has 0 unspecified atom stereocenters. The van der Waals surface area contributed by atoms with E-state index >= 15 is 0 Å². The van der Waals surface area contributed by atoms with Crippen LogP contribution in [0.1, 0.15) is 0 Å². The summed E-state index contributed by atoms with van der Waals surface area (Å²) in [5.74, 6) is 1.28. The van der Waals surface area contributed by atoms with Crippen molar-refractivity contribution in [3.63, 3.8) is 0 Å². The van der Waals surface area contributed by atoms with Gasteiger partial charge in [-0.25, -0.2) is 4.98 Å². The predicted molar refractivity (Wildman–Crippen MR) is 71.8 cm³/mol. The number of hydrogen-bond acceptors (Lipinski definition) is 5. The summed E-state index contributed by atoms with van der Waals surface area (Å²) in [6.07, 6.45) is 1.69. The van der Waals surface area contributed by atoms with Crippen LogP contribution in [0.3, 0.4) is 0 Å². The first-order valence-electron chi connectivity index (χ1n) is 6.02. The third-order valence-corrected chi connectivity index (χ3v) is 2.63. The van der Waals surface area contributed by atoms with Gasteiger partial charge in [0.2, 0.25) is 5.89 Å². The van der Waals surface area contributed by atoms with Crippen LogP contribution in [-0.2, 0) is 0 Å². The number of pyridine rings is 1. The van der Waals surface area contributed by atoms with E-state index in [0.717, 1.165) is 11.3 Å². The number of benzene rings is 1. The van der Waals surface area contributed by atoms with Crippen molar-refractivity contribution in [3.05, 3.63) is 42.6 Å². The molecule has 0 bridgehead atoms. The van der Waals surface area contributed by atoms with Gasteiger partial charge in [0.25, 0.3) is 0 Å². The summed E-state index contributed by atoms with van der Waals surface area (Å²) in [6, 6.07) is 11.2. The van der Waals surface area contributed by atoms with Crippen LogP contribution < -0.4 is 10.5 Å². The van der Waals surface area contributed by atoms with Crippen LogP contribution >= 0.6 is 0 Å². The smallest absolute Gasteiger partial charge is 0.229 e. The summed E-state index contributed by atoms with van der Waals surface area (Å²) >= 11 is 0. The number of nitrogens with two attached hydrogens (primary N) is 1. The highest BCUT2D eigenvalue weighted by Crippen LogP contribution is 2.25. The number of oxazole rings is 1. The maximum absolute atomic E-state index is 5.66. The van der Waals surface area contributed by atoms with Gasteiger partial charge in [0, 0.05) is 18.3 Å². The Morgan fingerprint density at radius 1 is 1.21 bits per heavy atom. The fourth-order valence-electron chi connectivity index (χ4n) is 1.79. The molecule has 2 N–H and O–H groups in total.